The lowest BCUT2D eigenvalue weighted by Gasteiger charge is -2.30. The summed E-state index contributed by atoms with van der Waals surface area (Å²) in [6.45, 7) is 2.09. The molecule has 3 nitrogen and oxygen atoms in total. The molecule has 1 aliphatic carbocycles. The van der Waals surface area contributed by atoms with Crippen LogP contribution in [0.5, 0.6) is 0 Å². The van der Waals surface area contributed by atoms with Crippen molar-refractivity contribution in [2.24, 2.45) is 0 Å². The van der Waals surface area contributed by atoms with Crippen molar-refractivity contribution in [1.29, 1.82) is 0 Å². The molecule has 1 aromatic heterocycles. The number of aryl methyl sites for hydroxylation is 1. The standard InChI is InChI=1S/C11H19N3/c1-9-13-6-7-14(9)11-5-3-4-10(8-11)12-2/h6-7,10-12H,3-5,8H2,1-2H3. The maximum Gasteiger partial charge on any atom is 0.105 e. The molecule has 1 aromatic rings. The maximum atomic E-state index is 4.29. The molecule has 1 aliphatic rings. The summed E-state index contributed by atoms with van der Waals surface area (Å²) >= 11 is 0. The van der Waals surface area contributed by atoms with Crippen LogP contribution < -0.4 is 5.32 Å². The van der Waals surface area contributed by atoms with E-state index in [1.807, 2.05) is 6.20 Å². The zero-order chi connectivity index (χ0) is 9.97. The number of imidazole rings is 1. The lowest BCUT2D eigenvalue weighted by atomic mass is 9.91. The van der Waals surface area contributed by atoms with E-state index in [4.69, 9.17) is 0 Å². The van der Waals surface area contributed by atoms with Crippen LogP contribution in [0, 0.1) is 6.92 Å². The molecule has 0 spiro atoms. The summed E-state index contributed by atoms with van der Waals surface area (Å²) in [4.78, 5) is 4.29. The molecule has 2 unspecified atom stereocenters. The highest BCUT2D eigenvalue weighted by atomic mass is 15.1. The fourth-order valence-electron chi connectivity index (χ4n) is 2.45. The Morgan fingerprint density at radius 3 is 3.00 bits per heavy atom. The van der Waals surface area contributed by atoms with Gasteiger partial charge in [0.25, 0.3) is 0 Å². The van der Waals surface area contributed by atoms with Crippen molar-refractivity contribution < 1.29 is 0 Å². The largest absolute Gasteiger partial charge is 0.332 e. The third kappa shape index (κ3) is 1.82. The van der Waals surface area contributed by atoms with E-state index in [2.05, 4.69) is 35.0 Å². The molecule has 0 saturated heterocycles. The first-order chi connectivity index (χ1) is 6.81. The highest BCUT2D eigenvalue weighted by molar-refractivity contribution is 4.94. The zero-order valence-corrected chi connectivity index (χ0v) is 9.03. The highest BCUT2D eigenvalue weighted by Crippen LogP contribution is 2.28. The van der Waals surface area contributed by atoms with Gasteiger partial charge in [0, 0.05) is 24.5 Å². The summed E-state index contributed by atoms with van der Waals surface area (Å²) in [6, 6.07) is 1.35. The molecule has 1 heterocycles. The molecule has 1 saturated carbocycles. The van der Waals surface area contributed by atoms with E-state index in [0.29, 0.717) is 12.1 Å². The Morgan fingerprint density at radius 2 is 2.36 bits per heavy atom. The van der Waals surface area contributed by atoms with Gasteiger partial charge in [-0.15, -0.1) is 0 Å². The first kappa shape index (κ1) is 9.71. The lowest BCUT2D eigenvalue weighted by molar-refractivity contribution is 0.291. The number of nitrogens with one attached hydrogen (secondary N) is 1. The van der Waals surface area contributed by atoms with Crippen molar-refractivity contribution in [3.63, 3.8) is 0 Å². The third-order valence-corrected chi connectivity index (χ3v) is 3.31. The number of hydrogen-bond donors (Lipinski definition) is 1. The normalized spacial score (nSPS) is 27.9. The second kappa shape index (κ2) is 4.13. The minimum atomic E-state index is 0.656. The van der Waals surface area contributed by atoms with Crippen LogP contribution in [-0.4, -0.2) is 22.6 Å². The Morgan fingerprint density at radius 1 is 1.50 bits per heavy atom. The number of nitrogens with zero attached hydrogens (tertiary/aromatic N) is 2. The average molecular weight is 193 g/mol. The molecule has 2 atom stereocenters. The molecule has 78 valence electrons. The molecule has 3 heteroatoms. The fraction of sp³-hybridized carbons (Fsp3) is 0.727. The number of hydrogen-bond acceptors (Lipinski definition) is 2. The van der Waals surface area contributed by atoms with E-state index in [-0.39, 0.29) is 0 Å². The van der Waals surface area contributed by atoms with E-state index >= 15 is 0 Å². The van der Waals surface area contributed by atoms with Crippen molar-refractivity contribution in [3.8, 4) is 0 Å². The van der Waals surface area contributed by atoms with Crippen LogP contribution in [0.15, 0.2) is 12.4 Å². The van der Waals surface area contributed by atoms with Gasteiger partial charge in [-0.1, -0.05) is 0 Å². The lowest BCUT2D eigenvalue weighted by Crippen LogP contribution is -2.32. The van der Waals surface area contributed by atoms with Crippen LogP contribution in [0.4, 0.5) is 0 Å². The van der Waals surface area contributed by atoms with Crippen molar-refractivity contribution in [3.05, 3.63) is 18.2 Å². The smallest absolute Gasteiger partial charge is 0.105 e. The minimum absolute atomic E-state index is 0.656. The summed E-state index contributed by atoms with van der Waals surface area (Å²) < 4.78 is 2.32. The first-order valence-electron chi connectivity index (χ1n) is 5.48. The van der Waals surface area contributed by atoms with Gasteiger partial charge in [0.1, 0.15) is 5.82 Å². The van der Waals surface area contributed by atoms with Gasteiger partial charge in [-0.25, -0.2) is 4.98 Å². The second-order valence-corrected chi connectivity index (χ2v) is 4.19. The molecule has 14 heavy (non-hydrogen) atoms. The van der Waals surface area contributed by atoms with Crippen LogP contribution in [0.3, 0.4) is 0 Å². The maximum absolute atomic E-state index is 4.29. The van der Waals surface area contributed by atoms with Crippen LogP contribution in [0.1, 0.15) is 37.5 Å². The molecular formula is C11H19N3. The molecule has 0 bridgehead atoms. The minimum Gasteiger partial charge on any atom is -0.332 e. The monoisotopic (exact) mass is 193 g/mol. The fourth-order valence-corrected chi connectivity index (χ4v) is 2.45. The zero-order valence-electron chi connectivity index (χ0n) is 9.03. The molecule has 0 aliphatic heterocycles. The van der Waals surface area contributed by atoms with Crippen molar-refractivity contribution in [2.45, 2.75) is 44.7 Å². The first-order valence-corrected chi connectivity index (χ1v) is 5.48. The topological polar surface area (TPSA) is 29.9 Å². The van der Waals surface area contributed by atoms with Crippen LogP contribution in [0.2, 0.25) is 0 Å². The predicted molar refractivity (Wildman–Crippen MR) is 57.3 cm³/mol. The predicted octanol–water partition coefficient (Wildman–Crippen LogP) is 1.89. The second-order valence-electron chi connectivity index (χ2n) is 4.19. The Bertz CT molecular complexity index is 292. The Kier molecular flexibility index (Phi) is 2.87. The molecule has 0 aromatic carbocycles. The average Bonchev–Trinajstić information content (AvgIpc) is 2.65. The van der Waals surface area contributed by atoms with Gasteiger partial charge in [0.2, 0.25) is 0 Å². The number of rotatable bonds is 2. The summed E-state index contributed by atoms with van der Waals surface area (Å²) in [5, 5.41) is 3.38. The summed E-state index contributed by atoms with van der Waals surface area (Å²) in [5.41, 5.74) is 0. The van der Waals surface area contributed by atoms with Gasteiger partial charge in [0.15, 0.2) is 0 Å². The van der Waals surface area contributed by atoms with Crippen LogP contribution in [-0.2, 0) is 0 Å². The van der Waals surface area contributed by atoms with E-state index in [0.717, 1.165) is 5.82 Å². The van der Waals surface area contributed by atoms with E-state index in [1.54, 1.807) is 0 Å². The summed E-state index contributed by atoms with van der Waals surface area (Å²) in [5.74, 6) is 1.15. The highest BCUT2D eigenvalue weighted by Gasteiger charge is 2.22. The van der Waals surface area contributed by atoms with Gasteiger partial charge < -0.3 is 9.88 Å². The van der Waals surface area contributed by atoms with Crippen LogP contribution >= 0.6 is 0 Å². The van der Waals surface area contributed by atoms with E-state index in [9.17, 15) is 0 Å². The Hall–Kier alpha value is -0.830. The van der Waals surface area contributed by atoms with Gasteiger partial charge in [-0.05, 0) is 39.7 Å². The Balaban J connectivity index is 2.08. The van der Waals surface area contributed by atoms with Crippen molar-refractivity contribution in [2.75, 3.05) is 7.05 Å². The van der Waals surface area contributed by atoms with E-state index < -0.39 is 0 Å². The molecule has 2 rings (SSSR count). The number of aromatic nitrogens is 2. The van der Waals surface area contributed by atoms with Gasteiger partial charge in [-0.2, -0.15) is 0 Å². The molecule has 1 fully saturated rings. The summed E-state index contributed by atoms with van der Waals surface area (Å²) in [6.07, 6.45) is 9.20. The molecule has 0 amide bonds. The molecular weight excluding hydrogens is 174 g/mol. The van der Waals surface area contributed by atoms with Gasteiger partial charge >= 0.3 is 0 Å². The molecule has 0 radical (unpaired) electrons. The van der Waals surface area contributed by atoms with Crippen molar-refractivity contribution in [1.82, 2.24) is 14.9 Å². The summed E-state index contributed by atoms with van der Waals surface area (Å²) in [7, 11) is 2.06. The quantitative estimate of drug-likeness (QED) is 0.777. The Labute approximate surface area is 85.5 Å². The van der Waals surface area contributed by atoms with Gasteiger partial charge in [-0.3, -0.25) is 0 Å². The SMILES string of the molecule is CNC1CCCC(n2ccnc2C)C1. The molecule has 1 N–H and O–H groups in total. The van der Waals surface area contributed by atoms with Gasteiger partial charge in [0.05, 0.1) is 0 Å². The van der Waals surface area contributed by atoms with E-state index in [1.165, 1.54) is 25.7 Å². The van der Waals surface area contributed by atoms with Crippen LogP contribution in [0.25, 0.3) is 0 Å². The van der Waals surface area contributed by atoms with Crippen molar-refractivity contribution >= 4 is 0 Å². The third-order valence-electron chi connectivity index (χ3n) is 3.31.